The summed E-state index contributed by atoms with van der Waals surface area (Å²) in [5.74, 6) is 2.44. The SMILES string of the molecule is CNC(=O)c1ccc2c(c1)CCc1cc(CN(C)CCC(C)C)ccc1O2. The lowest BCUT2D eigenvalue weighted by Gasteiger charge is -2.19. The number of fused-ring (bicyclic) bond motifs is 2. The first-order chi connectivity index (χ1) is 13.0. The number of aryl methyl sites for hydroxylation is 2. The van der Waals surface area contributed by atoms with E-state index in [9.17, 15) is 4.79 Å². The number of hydrogen-bond acceptors (Lipinski definition) is 3. The lowest BCUT2D eigenvalue weighted by molar-refractivity contribution is 0.0963. The maximum absolute atomic E-state index is 11.9. The molecule has 1 amide bonds. The van der Waals surface area contributed by atoms with Crippen molar-refractivity contribution in [3.63, 3.8) is 0 Å². The van der Waals surface area contributed by atoms with Gasteiger partial charge in [-0.25, -0.2) is 0 Å². The van der Waals surface area contributed by atoms with Gasteiger partial charge in [0.1, 0.15) is 11.5 Å². The highest BCUT2D eigenvalue weighted by Gasteiger charge is 2.17. The Morgan fingerprint density at radius 3 is 2.44 bits per heavy atom. The molecule has 1 aliphatic rings. The van der Waals surface area contributed by atoms with Gasteiger partial charge in [-0.2, -0.15) is 0 Å². The molecule has 144 valence electrons. The van der Waals surface area contributed by atoms with Gasteiger partial charge in [0.05, 0.1) is 0 Å². The summed E-state index contributed by atoms with van der Waals surface area (Å²) in [6.45, 7) is 6.59. The van der Waals surface area contributed by atoms with Gasteiger partial charge >= 0.3 is 0 Å². The van der Waals surface area contributed by atoms with Crippen LogP contribution in [0.25, 0.3) is 0 Å². The normalized spacial score (nSPS) is 13.0. The fourth-order valence-electron chi connectivity index (χ4n) is 3.44. The predicted octanol–water partition coefficient (Wildman–Crippen LogP) is 4.42. The largest absolute Gasteiger partial charge is 0.457 e. The fourth-order valence-corrected chi connectivity index (χ4v) is 3.44. The van der Waals surface area contributed by atoms with Crippen molar-refractivity contribution >= 4 is 5.91 Å². The van der Waals surface area contributed by atoms with E-state index in [-0.39, 0.29) is 5.91 Å². The van der Waals surface area contributed by atoms with Gasteiger partial charge in [0, 0.05) is 19.2 Å². The maximum atomic E-state index is 11.9. The van der Waals surface area contributed by atoms with Crippen molar-refractivity contribution in [1.82, 2.24) is 10.2 Å². The molecule has 0 atom stereocenters. The van der Waals surface area contributed by atoms with Gasteiger partial charge in [0.25, 0.3) is 5.91 Å². The lowest BCUT2D eigenvalue weighted by atomic mass is 10.0. The molecule has 0 aliphatic carbocycles. The van der Waals surface area contributed by atoms with Gasteiger partial charge in [0.15, 0.2) is 0 Å². The molecule has 27 heavy (non-hydrogen) atoms. The van der Waals surface area contributed by atoms with Gasteiger partial charge in [-0.1, -0.05) is 26.0 Å². The van der Waals surface area contributed by atoms with E-state index in [0.717, 1.165) is 48.9 Å². The highest BCUT2D eigenvalue weighted by atomic mass is 16.5. The summed E-state index contributed by atoms with van der Waals surface area (Å²) >= 11 is 0. The maximum Gasteiger partial charge on any atom is 0.251 e. The van der Waals surface area contributed by atoms with E-state index in [1.54, 1.807) is 7.05 Å². The monoisotopic (exact) mass is 366 g/mol. The van der Waals surface area contributed by atoms with E-state index < -0.39 is 0 Å². The van der Waals surface area contributed by atoms with Crippen LogP contribution < -0.4 is 10.1 Å². The van der Waals surface area contributed by atoms with E-state index in [2.05, 4.69) is 49.3 Å². The Morgan fingerprint density at radius 2 is 1.78 bits per heavy atom. The number of nitrogens with zero attached hydrogens (tertiary/aromatic N) is 1. The molecule has 0 saturated carbocycles. The molecule has 2 aromatic carbocycles. The smallest absolute Gasteiger partial charge is 0.251 e. The number of carbonyl (C=O) groups excluding carboxylic acids is 1. The average Bonchev–Trinajstić information content (AvgIpc) is 2.84. The quantitative estimate of drug-likeness (QED) is 0.823. The Balaban J connectivity index is 1.73. The molecule has 3 rings (SSSR count). The first-order valence-electron chi connectivity index (χ1n) is 9.79. The predicted molar refractivity (Wildman–Crippen MR) is 110 cm³/mol. The number of carbonyl (C=O) groups is 1. The second-order valence-electron chi connectivity index (χ2n) is 7.87. The van der Waals surface area contributed by atoms with Crippen molar-refractivity contribution in [2.75, 3.05) is 20.6 Å². The van der Waals surface area contributed by atoms with E-state index in [0.29, 0.717) is 5.56 Å². The molecule has 4 nitrogen and oxygen atoms in total. The molecule has 1 heterocycles. The Kier molecular flexibility index (Phi) is 6.17. The summed E-state index contributed by atoms with van der Waals surface area (Å²) in [6.07, 6.45) is 3.01. The van der Waals surface area contributed by atoms with E-state index in [1.165, 1.54) is 17.5 Å². The van der Waals surface area contributed by atoms with Gasteiger partial charge in [-0.05, 0) is 79.7 Å². The molecule has 4 heteroatoms. The number of nitrogens with one attached hydrogen (secondary N) is 1. The molecule has 0 bridgehead atoms. The molecule has 0 unspecified atom stereocenters. The Bertz CT molecular complexity index is 814. The molecule has 2 aromatic rings. The van der Waals surface area contributed by atoms with Crippen molar-refractivity contribution < 1.29 is 9.53 Å². The third-order valence-electron chi connectivity index (χ3n) is 5.10. The van der Waals surface area contributed by atoms with Crippen LogP contribution in [0.1, 0.15) is 47.3 Å². The second kappa shape index (κ2) is 8.57. The highest BCUT2D eigenvalue weighted by Crippen LogP contribution is 2.34. The zero-order valence-corrected chi connectivity index (χ0v) is 16.8. The molecule has 1 aliphatic heterocycles. The van der Waals surface area contributed by atoms with Crippen LogP contribution >= 0.6 is 0 Å². The zero-order chi connectivity index (χ0) is 19.4. The molecule has 0 saturated heterocycles. The number of ether oxygens (including phenoxy) is 1. The van der Waals surface area contributed by atoms with Crippen LogP contribution in [0.4, 0.5) is 0 Å². The minimum Gasteiger partial charge on any atom is -0.457 e. The molecule has 1 N–H and O–H groups in total. The summed E-state index contributed by atoms with van der Waals surface area (Å²) in [7, 11) is 3.83. The lowest BCUT2D eigenvalue weighted by Crippen LogP contribution is -2.20. The Hall–Kier alpha value is -2.33. The molecule has 0 radical (unpaired) electrons. The summed E-state index contributed by atoms with van der Waals surface area (Å²) in [6, 6.07) is 12.2. The van der Waals surface area contributed by atoms with Gasteiger partial charge < -0.3 is 15.0 Å². The summed E-state index contributed by atoms with van der Waals surface area (Å²) < 4.78 is 6.16. The Morgan fingerprint density at radius 1 is 1.11 bits per heavy atom. The third-order valence-corrected chi connectivity index (χ3v) is 5.10. The average molecular weight is 367 g/mol. The standard InChI is InChI=1S/C23H30N2O2/c1-16(2)11-12-25(4)15-17-5-9-21-18(13-17)6-7-19-14-20(23(26)24-3)8-10-22(19)27-21/h5,8-10,13-14,16H,6-7,11-12,15H2,1-4H3,(H,24,26). The van der Waals surface area contributed by atoms with Crippen LogP contribution in [0, 0.1) is 5.92 Å². The number of benzene rings is 2. The fraction of sp³-hybridized carbons (Fsp3) is 0.435. The highest BCUT2D eigenvalue weighted by molar-refractivity contribution is 5.94. The summed E-state index contributed by atoms with van der Waals surface area (Å²) in [5.41, 5.74) is 4.32. The van der Waals surface area contributed by atoms with Crippen LogP contribution in [-0.4, -0.2) is 31.4 Å². The van der Waals surface area contributed by atoms with Gasteiger partial charge in [-0.15, -0.1) is 0 Å². The van der Waals surface area contributed by atoms with E-state index >= 15 is 0 Å². The van der Waals surface area contributed by atoms with E-state index in [4.69, 9.17) is 4.74 Å². The van der Waals surface area contributed by atoms with Gasteiger partial charge in [-0.3, -0.25) is 4.79 Å². The summed E-state index contributed by atoms with van der Waals surface area (Å²) in [4.78, 5) is 14.3. The van der Waals surface area contributed by atoms with Crippen LogP contribution in [0.2, 0.25) is 0 Å². The Labute approximate surface area is 162 Å². The first-order valence-corrected chi connectivity index (χ1v) is 9.79. The van der Waals surface area contributed by atoms with Gasteiger partial charge in [0.2, 0.25) is 0 Å². The van der Waals surface area contributed by atoms with Crippen molar-refractivity contribution in [2.45, 2.75) is 39.7 Å². The van der Waals surface area contributed by atoms with Crippen molar-refractivity contribution in [1.29, 1.82) is 0 Å². The van der Waals surface area contributed by atoms with E-state index in [1.807, 2.05) is 18.2 Å². The minimum absolute atomic E-state index is 0.0636. The van der Waals surface area contributed by atoms with Crippen LogP contribution in [0.5, 0.6) is 11.5 Å². The van der Waals surface area contributed by atoms with Crippen molar-refractivity contribution in [3.8, 4) is 11.5 Å². The molecular formula is C23H30N2O2. The van der Waals surface area contributed by atoms with Crippen molar-refractivity contribution in [3.05, 3.63) is 58.7 Å². The van der Waals surface area contributed by atoms with Crippen molar-refractivity contribution in [2.24, 2.45) is 5.92 Å². The molecule has 0 fully saturated rings. The zero-order valence-electron chi connectivity index (χ0n) is 16.8. The number of hydrogen-bond donors (Lipinski definition) is 1. The molecular weight excluding hydrogens is 336 g/mol. The van der Waals surface area contributed by atoms with Crippen LogP contribution in [0.3, 0.4) is 0 Å². The van der Waals surface area contributed by atoms with Crippen LogP contribution in [0.15, 0.2) is 36.4 Å². The minimum atomic E-state index is -0.0636. The third kappa shape index (κ3) is 4.89. The second-order valence-corrected chi connectivity index (χ2v) is 7.87. The molecule has 0 aromatic heterocycles. The number of rotatable bonds is 6. The number of amides is 1. The van der Waals surface area contributed by atoms with Crippen LogP contribution in [-0.2, 0) is 19.4 Å². The molecule has 0 spiro atoms. The topological polar surface area (TPSA) is 41.6 Å². The first kappa shape index (κ1) is 19.4. The summed E-state index contributed by atoms with van der Waals surface area (Å²) in [5, 5.41) is 2.68.